The Morgan fingerprint density at radius 3 is 2.40 bits per heavy atom. The summed E-state index contributed by atoms with van der Waals surface area (Å²) in [6.45, 7) is 3.70. The number of nitrogens with zero attached hydrogens (tertiary/aromatic N) is 2. The van der Waals surface area contributed by atoms with Crippen LogP contribution in [0.2, 0.25) is 0 Å². The smallest absolute Gasteiger partial charge is 0.247 e. The fourth-order valence-corrected chi connectivity index (χ4v) is 4.21. The lowest BCUT2D eigenvalue weighted by atomic mass is 10.4. The molecule has 0 saturated carbocycles. The highest BCUT2D eigenvalue weighted by Gasteiger charge is 2.28. The van der Waals surface area contributed by atoms with Crippen molar-refractivity contribution in [2.75, 3.05) is 33.7 Å². The van der Waals surface area contributed by atoms with Gasteiger partial charge in [-0.2, -0.15) is 4.31 Å². The third-order valence-corrected chi connectivity index (χ3v) is 5.55. The van der Waals surface area contributed by atoms with Crippen molar-refractivity contribution in [1.29, 1.82) is 0 Å². The van der Waals surface area contributed by atoms with E-state index in [9.17, 15) is 8.42 Å². The van der Waals surface area contributed by atoms with Gasteiger partial charge >= 0.3 is 0 Å². The van der Waals surface area contributed by atoms with E-state index in [4.69, 9.17) is 10.2 Å². The van der Waals surface area contributed by atoms with E-state index >= 15 is 0 Å². The summed E-state index contributed by atoms with van der Waals surface area (Å²) in [5.74, 6) is 0.444. The number of furan rings is 1. The van der Waals surface area contributed by atoms with Gasteiger partial charge in [0.1, 0.15) is 10.7 Å². The molecule has 2 N–H and O–H groups in total. The van der Waals surface area contributed by atoms with Crippen molar-refractivity contribution in [3.63, 3.8) is 0 Å². The summed E-state index contributed by atoms with van der Waals surface area (Å²) in [5.41, 5.74) is 5.48. The molecule has 0 bridgehead atoms. The van der Waals surface area contributed by atoms with Crippen LogP contribution < -0.4 is 5.73 Å². The molecular formula is C12H22BrN3O3S. The summed E-state index contributed by atoms with van der Waals surface area (Å²) in [6, 6.07) is 1.48. The Balaban J connectivity index is 3.05. The number of likely N-dealkylation sites (N-methyl/N-ethyl adjacent to an activating group) is 1. The molecule has 8 heteroatoms. The molecule has 0 atom stereocenters. The molecule has 1 rings (SSSR count). The molecule has 0 aliphatic carbocycles. The van der Waals surface area contributed by atoms with E-state index in [0.717, 1.165) is 6.42 Å². The maximum absolute atomic E-state index is 12.7. The number of hydrogen-bond acceptors (Lipinski definition) is 5. The van der Waals surface area contributed by atoms with Gasteiger partial charge in [-0.1, -0.05) is 6.92 Å². The van der Waals surface area contributed by atoms with Crippen LogP contribution in [0.1, 0.15) is 19.1 Å². The lowest BCUT2D eigenvalue weighted by Crippen LogP contribution is -2.37. The van der Waals surface area contributed by atoms with Gasteiger partial charge in [0.05, 0.1) is 6.54 Å². The second-order valence-electron chi connectivity index (χ2n) is 4.76. The van der Waals surface area contributed by atoms with Gasteiger partial charge in [-0.3, -0.25) is 0 Å². The average molecular weight is 368 g/mol. The van der Waals surface area contributed by atoms with E-state index in [0.29, 0.717) is 25.4 Å². The Morgan fingerprint density at radius 1 is 1.30 bits per heavy atom. The van der Waals surface area contributed by atoms with Crippen molar-refractivity contribution in [3.05, 3.63) is 16.5 Å². The van der Waals surface area contributed by atoms with Gasteiger partial charge in [0.25, 0.3) is 0 Å². The van der Waals surface area contributed by atoms with Crippen molar-refractivity contribution in [2.45, 2.75) is 24.8 Å². The minimum Gasteiger partial charge on any atom is -0.452 e. The summed E-state index contributed by atoms with van der Waals surface area (Å²) in [7, 11) is 0.259. The van der Waals surface area contributed by atoms with E-state index in [1.807, 2.05) is 25.9 Å². The highest BCUT2D eigenvalue weighted by Crippen LogP contribution is 2.28. The number of sulfonamides is 1. The third kappa shape index (κ3) is 4.29. The van der Waals surface area contributed by atoms with Crippen LogP contribution in [0.25, 0.3) is 0 Å². The molecule has 1 aromatic heterocycles. The number of rotatable bonds is 8. The van der Waals surface area contributed by atoms with E-state index in [1.165, 1.54) is 10.4 Å². The van der Waals surface area contributed by atoms with Crippen molar-refractivity contribution in [1.82, 2.24) is 9.21 Å². The predicted molar refractivity (Wildman–Crippen MR) is 81.9 cm³/mol. The van der Waals surface area contributed by atoms with Crippen LogP contribution in [0.15, 0.2) is 20.0 Å². The number of hydrogen-bond donors (Lipinski definition) is 1. The third-order valence-electron chi connectivity index (χ3n) is 2.80. The van der Waals surface area contributed by atoms with Gasteiger partial charge < -0.3 is 15.1 Å². The highest BCUT2D eigenvalue weighted by atomic mass is 79.9. The summed E-state index contributed by atoms with van der Waals surface area (Å²) in [4.78, 5) is 2.10. The van der Waals surface area contributed by atoms with Crippen LogP contribution in [0.4, 0.5) is 0 Å². The van der Waals surface area contributed by atoms with Gasteiger partial charge in [-0.15, -0.1) is 0 Å². The first-order valence-corrected chi connectivity index (χ1v) is 8.69. The van der Waals surface area contributed by atoms with E-state index in [-0.39, 0.29) is 16.1 Å². The average Bonchev–Trinajstić information content (AvgIpc) is 2.76. The molecule has 0 saturated heterocycles. The Kier molecular flexibility index (Phi) is 6.67. The molecule has 116 valence electrons. The van der Waals surface area contributed by atoms with Crippen LogP contribution in [0.5, 0.6) is 0 Å². The molecular weight excluding hydrogens is 346 g/mol. The quantitative estimate of drug-likeness (QED) is 0.752. The lowest BCUT2D eigenvalue weighted by molar-refractivity contribution is 0.332. The molecule has 0 aromatic carbocycles. The molecule has 0 radical (unpaired) electrons. The second kappa shape index (κ2) is 7.56. The lowest BCUT2D eigenvalue weighted by Gasteiger charge is -2.22. The zero-order chi connectivity index (χ0) is 15.3. The van der Waals surface area contributed by atoms with Gasteiger partial charge in [0, 0.05) is 25.7 Å². The van der Waals surface area contributed by atoms with Crippen molar-refractivity contribution in [2.24, 2.45) is 5.73 Å². The monoisotopic (exact) mass is 367 g/mol. The second-order valence-corrected chi connectivity index (χ2v) is 7.39. The molecule has 1 aromatic rings. The fraction of sp³-hybridized carbons (Fsp3) is 0.667. The maximum atomic E-state index is 12.7. The minimum atomic E-state index is -3.57. The van der Waals surface area contributed by atoms with Crippen LogP contribution in [0, 0.1) is 0 Å². The minimum absolute atomic E-state index is 0.144. The Morgan fingerprint density at radius 2 is 1.95 bits per heavy atom. The van der Waals surface area contributed by atoms with Crippen molar-refractivity contribution in [3.8, 4) is 0 Å². The standard InChI is InChI=1S/C12H22BrN3O3S/c1-4-5-16(7-6-15(2)3)20(17,18)11-8-10(9-14)19-12(11)13/h8H,4-7,9,14H2,1-3H3. The summed E-state index contributed by atoms with van der Waals surface area (Å²) in [6.07, 6.45) is 0.756. The molecule has 0 unspecified atom stereocenters. The first-order chi connectivity index (χ1) is 9.32. The molecule has 0 amide bonds. The largest absolute Gasteiger partial charge is 0.452 e. The molecule has 20 heavy (non-hydrogen) atoms. The van der Waals surface area contributed by atoms with Gasteiger partial charge in [0.2, 0.25) is 10.0 Å². The van der Waals surface area contributed by atoms with E-state index < -0.39 is 10.0 Å². The van der Waals surface area contributed by atoms with Crippen LogP contribution in [0.3, 0.4) is 0 Å². The van der Waals surface area contributed by atoms with Gasteiger partial charge in [0.15, 0.2) is 4.67 Å². The SMILES string of the molecule is CCCN(CCN(C)C)S(=O)(=O)c1cc(CN)oc1Br. The highest BCUT2D eigenvalue weighted by molar-refractivity contribution is 9.10. The Labute approximate surface area is 129 Å². The van der Waals surface area contributed by atoms with Crippen LogP contribution in [-0.2, 0) is 16.6 Å². The summed E-state index contributed by atoms with van der Waals surface area (Å²) < 4.78 is 32.3. The molecule has 1 heterocycles. The van der Waals surface area contributed by atoms with E-state index in [1.54, 1.807) is 0 Å². The summed E-state index contributed by atoms with van der Waals surface area (Å²) in [5, 5.41) is 0. The topological polar surface area (TPSA) is 79.8 Å². The van der Waals surface area contributed by atoms with Crippen molar-refractivity contribution < 1.29 is 12.8 Å². The fourth-order valence-electron chi connectivity index (χ4n) is 1.73. The number of nitrogens with two attached hydrogens (primary N) is 1. The molecule has 0 aliphatic heterocycles. The van der Waals surface area contributed by atoms with Crippen LogP contribution >= 0.6 is 15.9 Å². The first-order valence-electron chi connectivity index (χ1n) is 6.46. The predicted octanol–water partition coefficient (Wildman–Crippen LogP) is 1.46. The maximum Gasteiger partial charge on any atom is 0.247 e. The molecule has 6 nitrogen and oxygen atoms in total. The molecule has 0 fully saturated rings. The molecule has 0 spiro atoms. The van der Waals surface area contributed by atoms with Crippen LogP contribution in [-0.4, -0.2) is 51.4 Å². The zero-order valence-electron chi connectivity index (χ0n) is 12.1. The van der Waals surface area contributed by atoms with E-state index in [2.05, 4.69) is 15.9 Å². The Bertz CT molecular complexity index is 528. The zero-order valence-corrected chi connectivity index (χ0v) is 14.5. The molecule has 0 aliphatic rings. The summed E-state index contributed by atoms with van der Waals surface area (Å²) >= 11 is 3.15. The van der Waals surface area contributed by atoms with Gasteiger partial charge in [-0.05, 0) is 36.4 Å². The van der Waals surface area contributed by atoms with Gasteiger partial charge in [-0.25, -0.2) is 8.42 Å². The normalized spacial score (nSPS) is 12.6. The first kappa shape index (κ1) is 17.6. The number of halogens is 1. The Hall–Kier alpha value is -0.410. The van der Waals surface area contributed by atoms with Crippen molar-refractivity contribution >= 4 is 26.0 Å².